The molecular formula is C26H24FN3O4. The molecule has 1 amide bonds. The number of nitrogens with zero attached hydrogens (tertiary/aromatic N) is 1. The van der Waals surface area contributed by atoms with Gasteiger partial charge in [-0.25, -0.2) is 4.39 Å². The summed E-state index contributed by atoms with van der Waals surface area (Å²) < 4.78 is 26.7. The third kappa shape index (κ3) is 4.77. The highest BCUT2D eigenvalue weighted by molar-refractivity contribution is 6.03. The number of rotatable bonds is 8. The van der Waals surface area contributed by atoms with Crippen LogP contribution in [0.3, 0.4) is 0 Å². The average Bonchev–Trinajstić information content (AvgIpc) is 2.85. The van der Waals surface area contributed by atoms with Gasteiger partial charge in [0, 0.05) is 29.3 Å². The summed E-state index contributed by atoms with van der Waals surface area (Å²) in [6.45, 7) is 0.252. The normalized spacial score (nSPS) is 10.9. The molecule has 0 aliphatic carbocycles. The van der Waals surface area contributed by atoms with Crippen molar-refractivity contribution in [1.82, 2.24) is 4.57 Å². The van der Waals surface area contributed by atoms with Crippen molar-refractivity contribution in [1.29, 1.82) is 0 Å². The first-order valence-electron chi connectivity index (χ1n) is 10.7. The van der Waals surface area contributed by atoms with E-state index < -0.39 is 5.82 Å². The average molecular weight is 461 g/mol. The Morgan fingerprint density at radius 1 is 1.03 bits per heavy atom. The lowest BCUT2D eigenvalue weighted by molar-refractivity contribution is -0.118. The van der Waals surface area contributed by atoms with Gasteiger partial charge in [-0.2, -0.15) is 0 Å². The monoisotopic (exact) mass is 461 g/mol. The van der Waals surface area contributed by atoms with E-state index in [1.54, 1.807) is 48.5 Å². The number of ether oxygens (including phenoxy) is 2. The van der Waals surface area contributed by atoms with Crippen LogP contribution in [-0.2, 0) is 16.1 Å². The third-order valence-electron chi connectivity index (χ3n) is 5.37. The van der Waals surface area contributed by atoms with E-state index in [2.05, 4.69) is 5.32 Å². The lowest BCUT2D eigenvalue weighted by Gasteiger charge is -2.18. The van der Waals surface area contributed by atoms with E-state index in [1.165, 1.54) is 17.7 Å². The van der Waals surface area contributed by atoms with E-state index in [0.29, 0.717) is 27.8 Å². The SMILES string of the molecule is COCCn1c(N)c(-c2ccccc2F)c2ccc(NC(=O)COc3ccccc3)cc2c1=O. The van der Waals surface area contributed by atoms with Gasteiger partial charge in [-0.05, 0) is 35.7 Å². The Bertz CT molecular complexity index is 1390. The molecule has 3 aromatic carbocycles. The van der Waals surface area contributed by atoms with Gasteiger partial charge < -0.3 is 20.5 Å². The molecule has 4 aromatic rings. The zero-order valence-electron chi connectivity index (χ0n) is 18.6. The number of hydrogen-bond donors (Lipinski definition) is 2. The topological polar surface area (TPSA) is 95.6 Å². The molecule has 0 fully saturated rings. The summed E-state index contributed by atoms with van der Waals surface area (Å²) in [5.41, 5.74) is 7.10. The van der Waals surface area contributed by atoms with E-state index in [9.17, 15) is 14.0 Å². The van der Waals surface area contributed by atoms with Crippen LogP contribution < -0.4 is 21.3 Å². The van der Waals surface area contributed by atoms with E-state index in [0.717, 1.165) is 0 Å². The van der Waals surface area contributed by atoms with E-state index in [1.807, 2.05) is 18.2 Å². The van der Waals surface area contributed by atoms with Gasteiger partial charge in [-0.15, -0.1) is 0 Å². The molecule has 0 atom stereocenters. The van der Waals surface area contributed by atoms with Gasteiger partial charge in [0.25, 0.3) is 11.5 Å². The summed E-state index contributed by atoms with van der Waals surface area (Å²) in [5, 5.41) is 3.52. The Morgan fingerprint density at radius 3 is 2.50 bits per heavy atom. The highest BCUT2D eigenvalue weighted by atomic mass is 19.1. The highest BCUT2D eigenvalue weighted by Gasteiger charge is 2.19. The standard InChI is InChI=1S/C26H24FN3O4/c1-33-14-13-30-25(28)24(20-9-5-6-10-22(20)27)19-12-11-17(15-21(19)26(30)32)29-23(31)16-34-18-7-3-2-4-8-18/h2-12,15H,13-14,16,28H2,1H3,(H,29,31). The number of hydrogen-bond acceptors (Lipinski definition) is 5. The van der Waals surface area contributed by atoms with Crippen molar-refractivity contribution in [2.24, 2.45) is 0 Å². The number of nitrogens with one attached hydrogen (secondary N) is 1. The number of fused-ring (bicyclic) bond motifs is 1. The molecule has 1 aromatic heterocycles. The maximum atomic E-state index is 14.7. The second kappa shape index (κ2) is 10.2. The molecule has 0 unspecified atom stereocenters. The molecule has 4 rings (SSSR count). The fraction of sp³-hybridized carbons (Fsp3) is 0.154. The molecule has 0 spiro atoms. The molecule has 0 aliphatic heterocycles. The fourth-order valence-electron chi connectivity index (χ4n) is 3.76. The number of halogens is 1. The molecule has 0 bridgehead atoms. The van der Waals surface area contributed by atoms with Crippen LogP contribution in [0.5, 0.6) is 5.75 Å². The molecule has 0 saturated carbocycles. The number of benzene rings is 3. The Kier molecular flexibility index (Phi) is 6.89. The molecular weight excluding hydrogens is 437 g/mol. The van der Waals surface area contributed by atoms with Crippen LogP contribution in [-0.4, -0.2) is 30.8 Å². The first-order valence-corrected chi connectivity index (χ1v) is 10.7. The van der Waals surface area contributed by atoms with Crippen molar-refractivity contribution >= 4 is 28.2 Å². The molecule has 0 saturated heterocycles. The number of carbonyl (C=O) groups is 1. The van der Waals surface area contributed by atoms with Gasteiger partial charge in [0.15, 0.2) is 6.61 Å². The second-order valence-electron chi connectivity index (χ2n) is 7.60. The molecule has 7 nitrogen and oxygen atoms in total. The van der Waals surface area contributed by atoms with Crippen LogP contribution in [0.1, 0.15) is 0 Å². The van der Waals surface area contributed by atoms with Crippen LogP contribution in [0, 0.1) is 5.82 Å². The van der Waals surface area contributed by atoms with Crippen LogP contribution in [0.15, 0.2) is 77.6 Å². The smallest absolute Gasteiger partial charge is 0.262 e. The van der Waals surface area contributed by atoms with E-state index in [4.69, 9.17) is 15.2 Å². The maximum absolute atomic E-state index is 14.7. The number of pyridine rings is 1. The van der Waals surface area contributed by atoms with Crippen molar-refractivity contribution in [3.8, 4) is 16.9 Å². The largest absolute Gasteiger partial charge is 0.484 e. The van der Waals surface area contributed by atoms with Crippen molar-refractivity contribution in [3.63, 3.8) is 0 Å². The number of anilines is 2. The Hall–Kier alpha value is -4.17. The van der Waals surface area contributed by atoms with Gasteiger partial charge in [0.1, 0.15) is 17.4 Å². The summed E-state index contributed by atoms with van der Waals surface area (Å²) in [6.07, 6.45) is 0. The second-order valence-corrected chi connectivity index (χ2v) is 7.60. The van der Waals surface area contributed by atoms with Crippen LogP contribution >= 0.6 is 0 Å². The first-order chi connectivity index (χ1) is 16.5. The van der Waals surface area contributed by atoms with Gasteiger partial charge >= 0.3 is 0 Å². The number of nitrogen functional groups attached to an aromatic ring is 1. The molecule has 3 N–H and O–H groups in total. The first kappa shape index (κ1) is 23.0. The summed E-state index contributed by atoms with van der Waals surface area (Å²) in [5.74, 6) is -0.120. The molecule has 0 aliphatic rings. The third-order valence-corrected chi connectivity index (χ3v) is 5.37. The Morgan fingerprint density at radius 2 is 1.76 bits per heavy atom. The molecule has 0 radical (unpaired) electrons. The van der Waals surface area contributed by atoms with Gasteiger partial charge in [0.2, 0.25) is 0 Å². The minimum atomic E-state index is -0.456. The molecule has 1 heterocycles. The fourth-order valence-corrected chi connectivity index (χ4v) is 3.76. The van der Waals surface area contributed by atoms with Gasteiger partial charge in [-0.3, -0.25) is 14.2 Å². The van der Waals surface area contributed by atoms with Crippen LogP contribution in [0.25, 0.3) is 21.9 Å². The van der Waals surface area contributed by atoms with Gasteiger partial charge in [0.05, 0.1) is 13.2 Å². The van der Waals surface area contributed by atoms with Crippen molar-refractivity contribution in [2.75, 3.05) is 31.4 Å². The van der Waals surface area contributed by atoms with E-state index >= 15 is 0 Å². The number of amides is 1. The van der Waals surface area contributed by atoms with E-state index in [-0.39, 0.29) is 42.6 Å². The predicted octanol–water partition coefficient (Wildman–Crippen LogP) is 4.05. The Balaban J connectivity index is 1.73. The maximum Gasteiger partial charge on any atom is 0.262 e. The molecule has 174 valence electrons. The minimum Gasteiger partial charge on any atom is -0.484 e. The number of methoxy groups -OCH3 is 1. The number of aromatic nitrogens is 1. The van der Waals surface area contributed by atoms with Crippen molar-refractivity contribution < 1.29 is 18.7 Å². The zero-order valence-corrected chi connectivity index (χ0v) is 18.6. The quantitative estimate of drug-likeness (QED) is 0.413. The van der Waals surface area contributed by atoms with Crippen molar-refractivity contribution in [3.05, 3.63) is 89.0 Å². The highest BCUT2D eigenvalue weighted by Crippen LogP contribution is 2.35. The zero-order chi connectivity index (χ0) is 24.1. The summed E-state index contributed by atoms with van der Waals surface area (Å²) in [4.78, 5) is 25.7. The van der Waals surface area contributed by atoms with Crippen LogP contribution in [0.4, 0.5) is 15.9 Å². The predicted molar refractivity (Wildman–Crippen MR) is 130 cm³/mol. The van der Waals surface area contributed by atoms with Crippen molar-refractivity contribution in [2.45, 2.75) is 6.54 Å². The van der Waals surface area contributed by atoms with Crippen LogP contribution in [0.2, 0.25) is 0 Å². The number of nitrogens with two attached hydrogens (primary N) is 1. The summed E-state index contributed by atoms with van der Waals surface area (Å²) in [6, 6.07) is 20.1. The Labute approximate surface area is 195 Å². The number of para-hydroxylation sites is 1. The molecule has 34 heavy (non-hydrogen) atoms. The number of carbonyl (C=O) groups excluding carboxylic acids is 1. The lowest BCUT2D eigenvalue weighted by atomic mass is 9.98. The summed E-state index contributed by atoms with van der Waals surface area (Å²) >= 11 is 0. The summed E-state index contributed by atoms with van der Waals surface area (Å²) in [7, 11) is 1.52. The molecule has 8 heteroatoms. The van der Waals surface area contributed by atoms with Gasteiger partial charge in [-0.1, -0.05) is 42.5 Å². The lowest BCUT2D eigenvalue weighted by Crippen LogP contribution is -2.26. The minimum absolute atomic E-state index is 0.146.